The van der Waals surface area contributed by atoms with Gasteiger partial charge in [0.25, 0.3) is 5.56 Å². The van der Waals surface area contributed by atoms with Crippen molar-refractivity contribution in [1.29, 1.82) is 0 Å². The Bertz CT molecular complexity index is 906. The molecule has 2 aromatic rings. The van der Waals surface area contributed by atoms with E-state index >= 15 is 0 Å². The number of morpholine rings is 1. The van der Waals surface area contributed by atoms with Crippen LogP contribution in [0.25, 0.3) is 11.2 Å². The van der Waals surface area contributed by atoms with Crippen LogP contribution in [-0.2, 0) is 30.0 Å². The number of hydrogen-bond donors (Lipinski definition) is 2. The molecule has 26 heavy (non-hydrogen) atoms. The second-order valence-electron chi connectivity index (χ2n) is 6.39. The SMILES string of the molecule is Cn1c(=O)c2[nH]c(CCC(=O)NCCN3CCOCC3)nc2n(C)c1=O. The Labute approximate surface area is 149 Å². The van der Waals surface area contributed by atoms with Crippen molar-refractivity contribution in [1.82, 2.24) is 29.3 Å². The molecule has 1 aliphatic heterocycles. The molecule has 2 N–H and O–H groups in total. The average Bonchev–Trinajstić information content (AvgIpc) is 3.08. The number of fused-ring (bicyclic) bond motifs is 1. The van der Waals surface area contributed by atoms with Crippen LogP contribution in [0.5, 0.6) is 0 Å². The van der Waals surface area contributed by atoms with Gasteiger partial charge in [-0.15, -0.1) is 0 Å². The molecule has 1 aliphatic rings. The van der Waals surface area contributed by atoms with Gasteiger partial charge < -0.3 is 15.0 Å². The van der Waals surface area contributed by atoms with Gasteiger partial charge in [0, 0.05) is 53.1 Å². The number of rotatable bonds is 6. The lowest BCUT2D eigenvalue weighted by Crippen LogP contribution is -2.41. The highest BCUT2D eigenvalue weighted by Gasteiger charge is 2.14. The first-order valence-electron chi connectivity index (χ1n) is 8.69. The normalized spacial score (nSPS) is 15.5. The monoisotopic (exact) mass is 364 g/mol. The van der Waals surface area contributed by atoms with Gasteiger partial charge in [0.15, 0.2) is 5.65 Å². The van der Waals surface area contributed by atoms with E-state index in [0.717, 1.165) is 37.4 Å². The Morgan fingerprint density at radius 3 is 2.69 bits per heavy atom. The number of nitrogens with zero attached hydrogens (tertiary/aromatic N) is 4. The molecule has 0 spiro atoms. The standard InChI is InChI=1S/C16H24N6O4/c1-20-14-13(15(24)21(2)16(20)25)18-11(19-14)3-4-12(23)17-5-6-22-7-9-26-10-8-22/h3-10H2,1-2H3,(H,17,23)(H,18,19). The molecule has 0 aliphatic carbocycles. The van der Waals surface area contributed by atoms with Gasteiger partial charge in [-0.3, -0.25) is 23.6 Å². The zero-order valence-electron chi connectivity index (χ0n) is 15.1. The minimum absolute atomic E-state index is 0.0690. The van der Waals surface area contributed by atoms with Crippen molar-refractivity contribution >= 4 is 17.1 Å². The number of hydrogen-bond acceptors (Lipinski definition) is 6. The minimum atomic E-state index is -0.429. The summed E-state index contributed by atoms with van der Waals surface area (Å²) < 4.78 is 7.64. The molecule has 142 valence electrons. The minimum Gasteiger partial charge on any atom is -0.379 e. The fraction of sp³-hybridized carbons (Fsp3) is 0.625. The first-order valence-corrected chi connectivity index (χ1v) is 8.69. The van der Waals surface area contributed by atoms with Gasteiger partial charge >= 0.3 is 5.69 Å². The number of imidazole rings is 1. The molecule has 3 heterocycles. The van der Waals surface area contributed by atoms with Crippen LogP contribution in [0, 0.1) is 0 Å². The van der Waals surface area contributed by atoms with Gasteiger partial charge in [-0.25, -0.2) is 9.78 Å². The number of carbonyl (C=O) groups excluding carboxylic acids is 1. The van der Waals surface area contributed by atoms with E-state index in [1.807, 2.05) is 0 Å². The first-order chi connectivity index (χ1) is 12.5. The Morgan fingerprint density at radius 2 is 1.96 bits per heavy atom. The second kappa shape index (κ2) is 7.83. The summed E-state index contributed by atoms with van der Waals surface area (Å²) in [4.78, 5) is 45.5. The fourth-order valence-corrected chi connectivity index (χ4v) is 2.99. The zero-order valence-corrected chi connectivity index (χ0v) is 15.1. The molecule has 0 aromatic carbocycles. The Hall–Kier alpha value is -2.46. The van der Waals surface area contributed by atoms with Crippen LogP contribution in [0.15, 0.2) is 9.59 Å². The summed E-state index contributed by atoms with van der Waals surface area (Å²) >= 11 is 0. The number of ether oxygens (including phenoxy) is 1. The summed E-state index contributed by atoms with van der Waals surface area (Å²) in [6, 6.07) is 0. The second-order valence-corrected chi connectivity index (χ2v) is 6.39. The number of H-pyrrole nitrogens is 1. The molecular weight excluding hydrogens is 340 g/mol. The topological polar surface area (TPSA) is 114 Å². The molecule has 0 atom stereocenters. The number of amides is 1. The average molecular weight is 364 g/mol. The van der Waals surface area contributed by atoms with Crippen LogP contribution in [0.2, 0.25) is 0 Å². The van der Waals surface area contributed by atoms with Crippen LogP contribution >= 0.6 is 0 Å². The van der Waals surface area contributed by atoms with Crippen molar-refractivity contribution in [3.05, 3.63) is 26.7 Å². The molecule has 0 saturated carbocycles. The lowest BCUT2D eigenvalue weighted by Gasteiger charge is -2.26. The van der Waals surface area contributed by atoms with E-state index in [2.05, 4.69) is 20.2 Å². The van der Waals surface area contributed by atoms with Crippen molar-refractivity contribution in [3.63, 3.8) is 0 Å². The summed E-state index contributed by atoms with van der Waals surface area (Å²) in [6.45, 7) is 4.65. The van der Waals surface area contributed by atoms with E-state index < -0.39 is 11.2 Å². The van der Waals surface area contributed by atoms with Gasteiger partial charge in [-0.05, 0) is 0 Å². The maximum absolute atomic E-state index is 12.1. The number of carbonyl (C=O) groups is 1. The lowest BCUT2D eigenvalue weighted by atomic mass is 10.3. The summed E-state index contributed by atoms with van der Waals surface area (Å²) in [6.07, 6.45) is 0.632. The predicted octanol–water partition coefficient (Wildman–Crippen LogP) is -1.66. The van der Waals surface area contributed by atoms with Crippen LogP contribution in [-0.4, -0.2) is 69.3 Å². The molecule has 10 nitrogen and oxygen atoms in total. The number of nitrogens with one attached hydrogen (secondary N) is 2. The Morgan fingerprint density at radius 1 is 1.23 bits per heavy atom. The van der Waals surface area contributed by atoms with Crippen LogP contribution in [0.3, 0.4) is 0 Å². The van der Waals surface area contributed by atoms with E-state index in [4.69, 9.17) is 4.74 Å². The third kappa shape index (κ3) is 3.86. The maximum atomic E-state index is 12.1. The molecule has 0 bridgehead atoms. The molecule has 1 amide bonds. The molecule has 1 fully saturated rings. The smallest absolute Gasteiger partial charge is 0.332 e. The maximum Gasteiger partial charge on any atom is 0.332 e. The lowest BCUT2D eigenvalue weighted by molar-refractivity contribution is -0.121. The van der Waals surface area contributed by atoms with Crippen LogP contribution in [0.4, 0.5) is 0 Å². The Balaban J connectivity index is 1.55. The highest BCUT2D eigenvalue weighted by atomic mass is 16.5. The van der Waals surface area contributed by atoms with Crippen LogP contribution < -0.4 is 16.6 Å². The summed E-state index contributed by atoms with van der Waals surface area (Å²) in [5.74, 6) is 0.446. The van der Waals surface area contributed by atoms with E-state index in [-0.39, 0.29) is 17.8 Å². The van der Waals surface area contributed by atoms with Gasteiger partial charge in [0.05, 0.1) is 13.2 Å². The number of aromatic amines is 1. The quantitative estimate of drug-likeness (QED) is 0.634. The molecular formula is C16H24N6O4. The third-order valence-corrected chi connectivity index (χ3v) is 4.59. The molecule has 0 unspecified atom stereocenters. The van der Waals surface area contributed by atoms with E-state index in [1.165, 1.54) is 11.6 Å². The molecule has 0 radical (unpaired) electrons. The number of aryl methyl sites for hydroxylation is 2. The molecule has 3 rings (SSSR count). The Kier molecular flexibility index (Phi) is 5.52. The third-order valence-electron chi connectivity index (χ3n) is 4.59. The molecule has 10 heteroatoms. The predicted molar refractivity (Wildman–Crippen MR) is 95.2 cm³/mol. The van der Waals surface area contributed by atoms with Crippen LogP contribution in [0.1, 0.15) is 12.2 Å². The van der Waals surface area contributed by atoms with Crippen molar-refractivity contribution in [2.75, 3.05) is 39.4 Å². The fourth-order valence-electron chi connectivity index (χ4n) is 2.99. The van der Waals surface area contributed by atoms with Gasteiger partial charge in [0.2, 0.25) is 5.91 Å². The largest absolute Gasteiger partial charge is 0.379 e. The highest BCUT2D eigenvalue weighted by Crippen LogP contribution is 2.06. The zero-order chi connectivity index (χ0) is 18.7. The molecule has 1 saturated heterocycles. The number of aromatic nitrogens is 4. The van der Waals surface area contributed by atoms with Gasteiger partial charge in [0.1, 0.15) is 11.3 Å². The van der Waals surface area contributed by atoms with Crippen molar-refractivity contribution < 1.29 is 9.53 Å². The summed E-state index contributed by atoms with van der Waals surface area (Å²) in [7, 11) is 2.99. The molecule has 2 aromatic heterocycles. The summed E-state index contributed by atoms with van der Waals surface area (Å²) in [5.41, 5.74) is -0.267. The van der Waals surface area contributed by atoms with E-state index in [0.29, 0.717) is 24.4 Å². The van der Waals surface area contributed by atoms with E-state index in [9.17, 15) is 14.4 Å². The van der Waals surface area contributed by atoms with Crippen molar-refractivity contribution in [2.24, 2.45) is 14.1 Å². The van der Waals surface area contributed by atoms with Gasteiger partial charge in [-0.2, -0.15) is 0 Å². The van der Waals surface area contributed by atoms with Crippen molar-refractivity contribution in [3.8, 4) is 0 Å². The van der Waals surface area contributed by atoms with E-state index in [1.54, 1.807) is 7.05 Å². The van der Waals surface area contributed by atoms with Crippen molar-refractivity contribution in [2.45, 2.75) is 12.8 Å². The first kappa shape index (κ1) is 18.3. The van der Waals surface area contributed by atoms with Gasteiger partial charge in [-0.1, -0.05) is 0 Å². The highest BCUT2D eigenvalue weighted by molar-refractivity contribution is 5.76. The summed E-state index contributed by atoms with van der Waals surface area (Å²) in [5, 5.41) is 2.89.